The molecule has 1 aromatic rings. The number of carboxylic acids is 1. The summed E-state index contributed by atoms with van der Waals surface area (Å²) in [7, 11) is 1.52. The first kappa shape index (κ1) is 15.8. The summed E-state index contributed by atoms with van der Waals surface area (Å²) in [6, 6.07) is 4.14. The van der Waals surface area contributed by atoms with Crippen molar-refractivity contribution >= 4 is 33.6 Å². The van der Waals surface area contributed by atoms with E-state index in [2.05, 4.69) is 21.2 Å². The predicted octanol–water partition coefficient (Wildman–Crippen LogP) is 2.46. The van der Waals surface area contributed by atoms with Crippen LogP contribution in [0.5, 0.6) is 0 Å². The van der Waals surface area contributed by atoms with Crippen LogP contribution in [-0.2, 0) is 9.53 Å². The van der Waals surface area contributed by atoms with Crippen molar-refractivity contribution in [2.75, 3.05) is 19.0 Å². The van der Waals surface area contributed by atoms with Gasteiger partial charge in [-0.1, -0.05) is 22.0 Å². The van der Waals surface area contributed by atoms with Gasteiger partial charge in [-0.3, -0.25) is 0 Å². The van der Waals surface area contributed by atoms with E-state index in [1.807, 2.05) is 13.0 Å². The van der Waals surface area contributed by atoms with Crippen molar-refractivity contribution < 1.29 is 19.4 Å². The van der Waals surface area contributed by atoms with Gasteiger partial charge in [0.2, 0.25) is 0 Å². The van der Waals surface area contributed by atoms with E-state index in [9.17, 15) is 14.7 Å². The van der Waals surface area contributed by atoms with Gasteiger partial charge in [-0.2, -0.15) is 0 Å². The van der Waals surface area contributed by atoms with Gasteiger partial charge < -0.3 is 20.1 Å². The monoisotopic (exact) mass is 356 g/mol. The highest BCUT2D eigenvalue weighted by atomic mass is 79.9. The smallest absolute Gasteiger partial charge is 0.326 e. The number of urea groups is 1. The summed E-state index contributed by atoms with van der Waals surface area (Å²) in [4.78, 5) is 24.8. The molecule has 0 aromatic heterocycles. The Morgan fingerprint density at radius 3 is 2.76 bits per heavy atom. The second-order valence-corrected chi connectivity index (χ2v) is 5.85. The van der Waals surface area contributed by atoms with E-state index in [4.69, 9.17) is 4.74 Å². The predicted molar refractivity (Wildman–Crippen MR) is 81.4 cm³/mol. The van der Waals surface area contributed by atoms with Crippen molar-refractivity contribution in [3.05, 3.63) is 28.2 Å². The SMILES string of the molecule is COC1CC(C(=O)O)N(C(=O)Nc2ccc(C)c(Br)c2)C1. The molecule has 2 N–H and O–H groups in total. The molecule has 0 aliphatic carbocycles. The Morgan fingerprint density at radius 1 is 1.48 bits per heavy atom. The Kier molecular flexibility index (Phi) is 4.84. The van der Waals surface area contributed by atoms with Gasteiger partial charge in [0.15, 0.2) is 0 Å². The first-order valence-electron chi connectivity index (χ1n) is 6.51. The number of aryl methyl sites for hydroxylation is 1. The summed E-state index contributed by atoms with van der Waals surface area (Å²) in [6.45, 7) is 2.21. The van der Waals surface area contributed by atoms with Crippen molar-refractivity contribution in [2.24, 2.45) is 0 Å². The van der Waals surface area contributed by atoms with Crippen molar-refractivity contribution in [1.82, 2.24) is 4.90 Å². The fraction of sp³-hybridized carbons (Fsp3) is 0.429. The molecule has 114 valence electrons. The number of carboxylic acid groups (broad SMARTS) is 1. The maximum atomic E-state index is 12.3. The molecule has 7 heteroatoms. The number of hydrogen-bond acceptors (Lipinski definition) is 3. The number of carbonyl (C=O) groups is 2. The first-order valence-corrected chi connectivity index (χ1v) is 7.31. The van der Waals surface area contributed by atoms with Crippen LogP contribution in [0.3, 0.4) is 0 Å². The molecule has 0 bridgehead atoms. The Hall–Kier alpha value is -1.60. The van der Waals surface area contributed by atoms with Gasteiger partial charge in [0.1, 0.15) is 6.04 Å². The number of methoxy groups -OCH3 is 1. The van der Waals surface area contributed by atoms with Gasteiger partial charge in [0.05, 0.1) is 6.10 Å². The number of aliphatic carboxylic acids is 1. The number of nitrogens with one attached hydrogen (secondary N) is 1. The molecule has 1 saturated heterocycles. The van der Waals surface area contributed by atoms with Crippen LogP contribution in [-0.4, -0.2) is 47.8 Å². The number of halogens is 1. The quantitative estimate of drug-likeness (QED) is 0.871. The average molecular weight is 357 g/mol. The molecule has 0 saturated carbocycles. The van der Waals surface area contributed by atoms with Gasteiger partial charge in [0, 0.05) is 30.2 Å². The van der Waals surface area contributed by atoms with Crippen molar-refractivity contribution in [3.8, 4) is 0 Å². The highest BCUT2D eigenvalue weighted by molar-refractivity contribution is 9.10. The second-order valence-electron chi connectivity index (χ2n) is 4.99. The van der Waals surface area contributed by atoms with Gasteiger partial charge in [0.25, 0.3) is 0 Å². The third-order valence-electron chi connectivity index (χ3n) is 3.57. The maximum Gasteiger partial charge on any atom is 0.326 e. The fourth-order valence-electron chi connectivity index (χ4n) is 2.29. The van der Waals surface area contributed by atoms with Crippen molar-refractivity contribution in [1.29, 1.82) is 0 Å². The third kappa shape index (κ3) is 3.54. The van der Waals surface area contributed by atoms with Crippen LogP contribution in [0.15, 0.2) is 22.7 Å². The Morgan fingerprint density at radius 2 is 2.19 bits per heavy atom. The molecule has 1 fully saturated rings. The van der Waals surface area contributed by atoms with Crippen LogP contribution in [0.25, 0.3) is 0 Å². The minimum Gasteiger partial charge on any atom is -0.480 e. The van der Waals surface area contributed by atoms with E-state index in [1.165, 1.54) is 12.0 Å². The largest absolute Gasteiger partial charge is 0.480 e. The van der Waals surface area contributed by atoms with Crippen LogP contribution in [0.2, 0.25) is 0 Å². The number of likely N-dealkylation sites (tertiary alicyclic amines) is 1. The molecule has 1 aliphatic heterocycles. The highest BCUT2D eigenvalue weighted by Crippen LogP contribution is 2.24. The van der Waals surface area contributed by atoms with E-state index < -0.39 is 18.0 Å². The number of benzene rings is 1. The van der Waals surface area contributed by atoms with Crippen LogP contribution in [0, 0.1) is 6.92 Å². The zero-order valence-electron chi connectivity index (χ0n) is 11.8. The lowest BCUT2D eigenvalue weighted by molar-refractivity contribution is -0.141. The van der Waals surface area contributed by atoms with Gasteiger partial charge in [-0.25, -0.2) is 9.59 Å². The maximum absolute atomic E-state index is 12.3. The highest BCUT2D eigenvalue weighted by Gasteiger charge is 2.39. The molecular formula is C14H17BrN2O4. The molecular weight excluding hydrogens is 340 g/mol. The molecule has 1 heterocycles. The molecule has 0 radical (unpaired) electrons. The van der Waals surface area contributed by atoms with Crippen molar-refractivity contribution in [3.63, 3.8) is 0 Å². The zero-order chi connectivity index (χ0) is 15.6. The third-order valence-corrected chi connectivity index (χ3v) is 4.42. The van der Waals surface area contributed by atoms with Gasteiger partial charge in [-0.05, 0) is 24.6 Å². The molecule has 6 nitrogen and oxygen atoms in total. The summed E-state index contributed by atoms with van der Waals surface area (Å²) >= 11 is 3.40. The summed E-state index contributed by atoms with van der Waals surface area (Å²) < 4.78 is 6.05. The molecule has 1 aromatic carbocycles. The van der Waals surface area contributed by atoms with E-state index in [1.54, 1.807) is 12.1 Å². The Labute approximate surface area is 131 Å². The standard InChI is InChI=1S/C14H17BrN2O4/c1-8-3-4-9(5-11(8)15)16-14(20)17-7-10(21-2)6-12(17)13(18)19/h3-5,10,12H,6-7H2,1-2H3,(H,16,20)(H,18,19). The number of amides is 2. The average Bonchev–Trinajstić information content (AvgIpc) is 2.87. The zero-order valence-corrected chi connectivity index (χ0v) is 13.4. The first-order chi connectivity index (χ1) is 9.92. The van der Waals surface area contributed by atoms with Crippen molar-refractivity contribution in [2.45, 2.75) is 25.5 Å². The molecule has 21 heavy (non-hydrogen) atoms. The van der Waals surface area contributed by atoms with Crippen LogP contribution in [0.1, 0.15) is 12.0 Å². The Bertz CT molecular complexity index is 564. The topological polar surface area (TPSA) is 78.9 Å². The number of nitrogens with zero attached hydrogens (tertiary/aromatic N) is 1. The van der Waals surface area contributed by atoms with E-state index in [-0.39, 0.29) is 12.6 Å². The van der Waals surface area contributed by atoms with E-state index >= 15 is 0 Å². The summed E-state index contributed by atoms with van der Waals surface area (Å²) in [5.74, 6) is -1.02. The van der Waals surface area contributed by atoms with Crippen LogP contribution < -0.4 is 5.32 Å². The Balaban J connectivity index is 2.11. The summed E-state index contributed by atoms with van der Waals surface area (Å²) in [5, 5.41) is 11.9. The van der Waals surface area contributed by atoms with Crippen LogP contribution >= 0.6 is 15.9 Å². The second kappa shape index (κ2) is 6.44. The lowest BCUT2D eigenvalue weighted by Gasteiger charge is -2.21. The minimum atomic E-state index is -1.02. The molecule has 2 unspecified atom stereocenters. The van der Waals surface area contributed by atoms with Gasteiger partial charge >= 0.3 is 12.0 Å². The minimum absolute atomic E-state index is 0.249. The molecule has 0 spiro atoms. The number of hydrogen-bond donors (Lipinski definition) is 2. The summed E-state index contributed by atoms with van der Waals surface area (Å²) in [6.07, 6.45) is 0.0539. The van der Waals surface area contributed by atoms with Crippen LogP contribution in [0.4, 0.5) is 10.5 Å². The molecule has 1 aliphatic rings. The molecule has 2 atom stereocenters. The molecule has 2 rings (SSSR count). The van der Waals surface area contributed by atoms with E-state index in [0.29, 0.717) is 12.1 Å². The lowest BCUT2D eigenvalue weighted by Crippen LogP contribution is -2.43. The van der Waals surface area contributed by atoms with Gasteiger partial charge in [-0.15, -0.1) is 0 Å². The number of rotatable bonds is 3. The number of carbonyl (C=O) groups excluding carboxylic acids is 1. The summed E-state index contributed by atoms with van der Waals surface area (Å²) in [5.41, 5.74) is 1.67. The fourth-order valence-corrected chi connectivity index (χ4v) is 2.67. The molecule has 2 amide bonds. The number of anilines is 1. The van der Waals surface area contributed by atoms with E-state index in [0.717, 1.165) is 10.0 Å². The normalized spacial score (nSPS) is 21.4. The lowest BCUT2D eigenvalue weighted by atomic mass is 10.2. The number of ether oxygens (including phenoxy) is 1.